The van der Waals surface area contributed by atoms with Crippen LogP contribution in [0.1, 0.15) is 29.2 Å². The van der Waals surface area contributed by atoms with Crippen LogP contribution in [0.2, 0.25) is 0 Å². The first-order valence-corrected chi connectivity index (χ1v) is 7.02. The van der Waals surface area contributed by atoms with Crippen molar-refractivity contribution in [3.8, 4) is 11.6 Å². The Balaban J connectivity index is 2.30. The van der Waals surface area contributed by atoms with Crippen LogP contribution < -0.4 is 10.1 Å². The second-order valence-electron chi connectivity index (χ2n) is 5.06. The molecule has 3 nitrogen and oxygen atoms in total. The Hall–Kier alpha value is -1.87. The van der Waals surface area contributed by atoms with Crippen LogP contribution in [0.4, 0.5) is 0 Å². The molecule has 2 rings (SSSR count). The van der Waals surface area contributed by atoms with Crippen molar-refractivity contribution < 1.29 is 4.74 Å². The van der Waals surface area contributed by atoms with Crippen LogP contribution in [0.25, 0.3) is 0 Å². The van der Waals surface area contributed by atoms with Crippen molar-refractivity contribution in [3.63, 3.8) is 0 Å². The van der Waals surface area contributed by atoms with Crippen LogP contribution in [0.15, 0.2) is 30.5 Å². The lowest BCUT2D eigenvalue weighted by atomic mass is 10.1. The quantitative estimate of drug-likeness (QED) is 0.894. The molecule has 0 aliphatic heterocycles. The number of hydrogen-bond acceptors (Lipinski definition) is 3. The summed E-state index contributed by atoms with van der Waals surface area (Å²) < 4.78 is 6.05. The molecule has 0 saturated heterocycles. The fourth-order valence-corrected chi connectivity index (χ4v) is 2.12. The topological polar surface area (TPSA) is 34.2 Å². The number of rotatable bonds is 5. The zero-order valence-corrected chi connectivity index (χ0v) is 12.7. The number of hydrogen-bond donors (Lipinski definition) is 1. The summed E-state index contributed by atoms with van der Waals surface area (Å²) >= 11 is 0. The molecule has 0 saturated carbocycles. The Morgan fingerprint density at radius 1 is 1.20 bits per heavy atom. The highest BCUT2D eigenvalue weighted by Gasteiger charge is 2.09. The standard InChI is InChI=1S/C17H22N2O/c1-5-18-11-15-7-6-8-19-17(15)20-16-10-12(2)9-13(3)14(16)4/h6-10,18H,5,11H2,1-4H3. The second kappa shape index (κ2) is 6.53. The van der Waals surface area contributed by atoms with Gasteiger partial charge < -0.3 is 10.1 Å². The minimum atomic E-state index is 0.682. The number of aryl methyl sites for hydroxylation is 2. The van der Waals surface area contributed by atoms with E-state index in [1.165, 1.54) is 11.1 Å². The molecule has 0 amide bonds. The molecular formula is C17H22N2O. The molecule has 0 aliphatic carbocycles. The van der Waals surface area contributed by atoms with Gasteiger partial charge >= 0.3 is 0 Å². The molecule has 0 bridgehead atoms. The summed E-state index contributed by atoms with van der Waals surface area (Å²) in [5.41, 5.74) is 4.68. The van der Waals surface area contributed by atoms with E-state index >= 15 is 0 Å². The van der Waals surface area contributed by atoms with Gasteiger partial charge in [0.05, 0.1) is 0 Å². The highest BCUT2D eigenvalue weighted by atomic mass is 16.5. The number of ether oxygens (including phenoxy) is 1. The molecule has 0 aliphatic rings. The molecule has 0 fully saturated rings. The predicted molar refractivity (Wildman–Crippen MR) is 82.3 cm³/mol. The van der Waals surface area contributed by atoms with E-state index in [-0.39, 0.29) is 0 Å². The van der Waals surface area contributed by atoms with E-state index in [1.807, 2.05) is 12.1 Å². The van der Waals surface area contributed by atoms with Gasteiger partial charge in [-0.05, 0) is 56.1 Å². The second-order valence-corrected chi connectivity index (χ2v) is 5.06. The Labute approximate surface area is 121 Å². The lowest BCUT2D eigenvalue weighted by Gasteiger charge is -2.14. The molecular weight excluding hydrogens is 248 g/mol. The summed E-state index contributed by atoms with van der Waals surface area (Å²) in [7, 11) is 0. The highest BCUT2D eigenvalue weighted by Crippen LogP contribution is 2.29. The van der Waals surface area contributed by atoms with E-state index in [4.69, 9.17) is 4.74 Å². The van der Waals surface area contributed by atoms with Gasteiger partial charge in [0.1, 0.15) is 5.75 Å². The predicted octanol–water partition coefficient (Wildman–Crippen LogP) is 3.91. The molecule has 1 aromatic heterocycles. The zero-order valence-electron chi connectivity index (χ0n) is 12.7. The largest absolute Gasteiger partial charge is 0.438 e. The third-order valence-electron chi connectivity index (χ3n) is 3.39. The first-order chi connectivity index (χ1) is 9.61. The fraction of sp³-hybridized carbons (Fsp3) is 0.353. The van der Waals surface area contributed by atoms with Gasteiger partial charge in [0.2, 0.25) is 5.88 Å². The summed E-state index contributed by atoms with van der Waals surface area (Å²) in [6.07, 6.45) is 1.77. The van der Waals surface area contributed by atoms with Crippen LogP contribution in [-0.4, -0.2) is 11.5 Å². The van der Waals surface area contributed by atoms with Crippen molar-refractivity contribution in [3.05, 3.63) is 52.7 Å². The molecule has 2 aromatic rings. The van der Waals surface area contributed by atoms with E-state index in [9.17, 15) is 0 Å². The minimum Gasteiger partial charge on any atom is -0.438 e. The molecule has 1 heterocycles. The number of pyridine rings is 1. The molecule has 0 spiro atoms. The molecule has 106 valence electrons. The van der Waals surface area contributed by atoms with Crippen molar-refractivity contribution in [2.45, 2.75) is 34.2 Å². The SMILES string of the molecule is CCNCc1cccnc1Oc1cc(C)cc(C)c1C. The summed E-state index contributed by atoms with van der Waals surface area (Å²) in [5, 5.41) is 3.31. The molecule has 0 atom stereocenters. The van der Waals surface area contributed by atoms with Crippen molar-refractivity contribution in [2.75, 3.05) is 6.54 Å². The molecule has 1 aromatic carbocycles. The summed E-state index contributed by atoms with van der Waals surface area (Å²) in [5.74, 6) is 1.57. The Bertz CT molecular complexity index is 594. The van der Waals surface area contributed by atoms with Crippen LogP contribution >= 0.6 is 0 Å². The van der Waals surface area contributed by atoms with Crippen molar-refractivity contribution in [1.29, 1.82) is 0 Å². The molecule has 0 unspecified atom stereocenters. The maximum absolute atomic E-state index is 6.05. The van der Waals surface area contributed by atoms with Crippen molar-refractivity contribution in [2.24, 2.45) is 0 Å². The van der Waals surface area contributed by atoms with Gasteiger partial charge in [-0.3, -0.25) is 0 Å². The van der Waals surface area contributed by atoms with Gasteiger partial charge in [-0.1, -0.05) is 19.1 Å². The summed E-state index contributed by atoms with van der Waals surface area (Å²) in [4.78, 5) is 4.37. The number of nitrogens with zero attached hydrogens (tertiary/aromatic N) is 1. The monoisotopic (exact) mass is 270 g/mol. The van der Waals surface area contributed by atoms with E-state index in [2.05, 4.69) is 50.1 Å². The third-order valence-corrected chi connectivity index (χ3v) is 3.39. The molecule has 0 radical (unpaired) electrons. The zero-order chi connectivity index (χ0) is 14.5. The van der Waals surface area contributed by atoms with E-state index in [0.29, 0.717) is 5.88 Å². The minimum absolute atomic E-state index is 0.682. The van der Waals surface area contributed by atoms with E-state index in [1.54, 1.807) is 6.20 Å². The van der Waals surface area contributed by atoms with Gasteiger partial charge in [0, 0.05) is 18.3 Å². The first kappa shape index (κ1) is 14.5. The smallest absolute Gasteiger partial charge is 0.223 e. The lowest BCUT2D eigenvalue weighted by molar-refractivity contribution is 0.449. The van der Waals surface area contributed by atoms with Gasteiger partial charge in [0.25, 0.3) is 0 Å². The van der Waals surface area contributed by atoms with Crippen LogP contribution in [-0.2, 0) is 6.54 Å². The fourth-order valence-electron chi connectivity index (χ4n) is 2.12. The summed E-state index contributed by atoms with van der Waals surface area (Å²) in [6.45, 7) is 10.0. The average Bonchev–Trinajstić information content (AvgIpc) is 2.43. The van der Waals surface area contributed by atoms with Gasteiger partial charge in [-0.25, -0.2) is 4.98 Å². The Kier molecular flexibility index (Phi) is 4.74. The van der Waals surface area contributed by atoms with Gasteiger partial charge in [-0.15, -0.1) is 0 Å². The lowest BCUT2D eigenvalue weighted by Crippen LogP contribution is -2.12. The maximum atomic E-state index is 6.05. The van der Waals surface area contributed by atoms with Crippen LogP contribution in [0.5, 0.6) is 11.6 Å². The maximum Gasteiger partial charge on any atom is 0.223 e. The normalized spacial score (nSPS) is 10.6. The number of aromatic nitrogens is 1. The molecule has 1 N–H and O–H groups in total. The first-order valence-electron chi connectivity index (χ1n) is 7.02. The Morgan fingerprint density at radius 2 is 2.00 bits per heavy atom. The van der Waals surface area contributed by atoms with Gasteiger partial charge in [0.15, 0.2) is 0 Å². The van der Waals surface area contributed by atoms with Crippen LogP contribution in [0, 0.1) is 20.8 Å². The van der Waals surface area contributed by atoms with E-state index in [0.717, 1.165) is 30.0 Å². The molecule has 20 heavy (non-hydrogen) atoms. The highest BCUT2D eigenvalue weighted by molar-refractivity contribution is 5.44. The van der Waals surface area contributed by atoms with E-state index < -0.39 is 0 Å². The number of nitrogens with one attached hydrogen (secondary N) is 1. The number of benzene rings is 1. The summed E-state index contributed by atoms with van der Waals surface area (Å²) in [6, 6.07) is 8.21. The van der Waals surface area contributed by atoms with Crippen LogP contribution in [0.3, 0.4) is 0 Å². The average molecular weight is 270 g/mol. The van der Waals surface area contributed by atoms with Crippen molar-refractivity contribution >= 4 is 0 Å². The van der Waals surface area contributed by atoms with Crippen molar-refractivity contribution in [1.82, 2.24) is 10.3 Å². The Morgan fingerprint density at radius 3 is 2.75 bits per heavy atom. The van der Waals surface area contributed by atoms with Gasteiger partial charge in [-0.2, -0.15) is 0 Å². The third kappa shape index (κ3) is 3.36. The molecule has 3 heteroatoms.